The van der Waals surface area contributed by atoms with Gasteiger partial charge in [-0.15, -0.1) is 0 Å². The molecule has 3 saturated carbocycles. The lowest BCUT2D eigenvalue weighted by Crippen LogP contribution is -2.49. The molecule has 4 aliphatic rings. The van der Waals surface area contributed by atoms with Crippen molar-refractivity contribution in [3.05, 3.63) is 11.6 Å². The van der Waals surface area contributed by atoms with Crippen LogP contribution in [0.5, 0.6) is 0 Å². The Morgan fingerprint density at radius 3 is 2.81 bits per heavy atom. The zero-order chi connectivity index (χ0) is 14.8. The lowest BCUT2D eigenvalue weighted by atomic mass is 9.50. The van der Waals surface area contributed by atoms with E-state index in [1.165, 1.54) is 31.3 Å². The molecular weight excluding hydrogens is 260 g/mol. The number of rotatable bonds is 0. The summed E-state index contributed by atoms with van der Waals surface area (Å²) in [6.07, 6.45) is 9.67. The van der Waals surface area contributed by atoms with Gasteiger partial charge in [0.2, 0.25) is 0 Å². The molecule has 4 rings (SSSR count). The molecule has 0 aliphatic heterocycles. The van der Waals surface area contributed by atoms with Gasteiger partial charge in [0.05, 0.1) is 6.10 Å². The van der Waals surface area contributed by atoms with E-state index in [0.717, 1.165) is 31.1 Å². The molecule has 0 saturated heterocycles. The van der Waals surface area contributed by atoms with E-state index < -0.39 is 0 Å². The number of hydrogen-bond donors (Lipinski definition) is 1. The van der Waals surface area contributed by atoms with E-state index in [-0.39, 0.29) is 11.5 Å². The van der Waals surface area contributed by atoms with Gasteiger partial charge in [-0.1, -0.05) is 19.4 Å². The Hall–Kier alpha value is -0.630. The topological polar surface area (TPSA) is 37.3 Å². The second kappa shape index (κ2) is 4.68. The Kier molecular flexibility index (Phi) is 3.12. The maximum absolute atomic E-state index is 11.8. The number of aliphatic hydroxyl groups is 1. The van der Waals surface area contributed by atoms with Gasteiger partial charge in [-0.05, 0) is 79.6 Å². The summed E-state index contributed by atoms with van der Waals surface area (Å²) >= 11 is 0. The van der Waals surface area contributed by atoms with Gasteiger partial charge in [0.15, 0.2) is 5.78 Å². The van der Waals surface area contributed by atoms with Crippen LogP contribution >= 0.6 is 0 Å². The van der Waals surface area contributed by atoms with Gasteiger partial charge in [-0.3, -0.25) is 4.79 Å². The summed E-state index contributed by atoms with van der Waals surface area (Å²) in [5, 5.41) is 10.5. The van der Waals surface area contributed by atoms with Crippen LogP contribution in [0.2, 0.25) is 0 Å². The minimum atomic E-state index is -0.0800. The van der Waals surface area contributed by atoms with Crippen molar-refractivity contribution in [3.8, 4) is 0 Å². The molecule has 7 atom stereocenters. The van der Waals surface area contributed by atoms with Crippen molar-refractivity contribution in [2.75, 3.05) is 0 Å². The molecule has 1 N–H and O–H groups in total. The second-order valence-electron chi connectivity index (χ2n) is 8.46. The van der Waals surface area contributed by atoms with Crippen molar-refractivity contribution in [1.29, 1.82) is 0 Å². The second-order valence-corrected chi connectivity index (χ2v) is 8.46. The van der Waals surface area contributed by atoms with Crippen LogP contribution in [0.1, 0.15) is 58.8 Å². The van der Waals surface area contributed by atoms with E-state index in [0.29, 0.717) is 23.5 Å². The average Bonchev–Trinajstić information content (AvgIpc) is 2.76. The van der Waals surface area contributed by atoms with Crippen molar-refractivity contribution in [1.82, 2.24) is 0 Å². The van der Waals surface area contributed by atoms with Gasteiger partial charge >= 0.3 is 0 Å². The Balaban J connectivity index is 1.67. The van der Waals surface area contributed by atoms with Crippen molar-refractivity contribution in [2.45, 2.75) is 64.9 Å². The summed E-state index contributed by atoms with van der Waals surface area (Å²) < 4.78 is 0. The van der Waals surface area contributed by atoms with Gasteiger partial charge in [-0.25, -0.2) is 0 Å². The first-order chi connectivity index (χ1) is 10.0. The van der Waals surface area contributed by atoms with E-state index in [1.807, 2.05) is 6.08 Å². The Morgan fingerprint density at radius 1 is 1.19 bits per heavy atom. The van der Waals surface area contributed by atoms with Gasteiger partial charge in [0.25, 0.3) is 0 Å². The SMILES string of the molecule is C[C@H]1C[C@@H]2[C@H](CC[C@]3(C)[C@@H](O)CC[C@@H]23)[C@H]2CCC(=O)C=C12. The molecule has 0 amide bonds. The summed E-state index contributed by atoms with van der Waals surface area (Å²) in [4.78, 5) is 11.8. The third-order valence-electron chi connectivity index (χ3n) is 7.61. The van der Waals surface area contributed by atoms with Crippen LogP contribution in [-0.2, 0) is 4.79 Å². The number of allylic oxidation sites excluding steroid dienone is 1. The van der Waals surface area contributed by atoms with E-state index >= 15 is 0 Å². The van der Waals surface area contributed by atoms with Gasteiger partial charge < -0.3 is 5.11 Å². The normalized spacial score (nSPS) is 52.7. The predicted octanol–water partition coefficient (Wildman–Crippen LogP) is 3.74. The Labute approximate surface area is 128 Å². The fourth-order valence-electron chi connectivity index (χ4n) is 6.47. The summed E-state index contributed by atoms with van der Waals surface area (Å²) in [7, 11) is 0. The number of carbonyl (C=O) groups excluding carboxylic acids is 1. The predicted molar refractivity (Wildman–Crippen MR) is 82.6 cm³/mol. The minimum Gasteiger partial charge on any atom is -0.393 e. The highest BCUT2D eigenvalue weighted by molar-refractivity contribution is 5.91. The maximum atomic E-state index is 11.8. The van der Waals surface area contributed by atoms with E-state index in [2.05, 4.69) is 13.8 Å². The third kappa shape index (κ3) is 1.91. The molecule has 3 fully saturated rings. The highest BCUT2D eigenvalue weighted by Gasteiger charge is 2.56. The first kappa shape index (κ1) is 14.0. The molecule has 0 unspecified atom stereocenters. The fourth-order valence-corrected chi connectivity index (χ4v) is 6.47. The molecule has 0 bridgehead atoms. The summed E-state index contributed by atoms with van der Waals surface area (Å²) in [6, 6.07) is 0. The third-order valence-corrected chi connectivity index (χ3v) is 7.61. The van der Waals surface area contributed by atoms with Crippen LogP contribution in [-0.4, -0.2) is 17.0 Å². The van der Waals surface area contributed by atoms with Crippen LogP contribution < -0.4 is 0 Å². The van der Waals surface area contributed by atoms with Crippen LogP contribution in [0.4, 0.5) is 0 Å². The fraction of sp³-hybridized carbons (Fsp3) is 0.842. The van der Waals surface area contributed by atoms with Gasteiger partial charge in [0, 0.05) is 6.42 Å². The first-order valence-electron chi connectivity index (χ1n) is 8.93. The molecule has 0 aromatic heterocycles. The molecule has 116 valence electrons. The quantitative estimate of drug-likeness (QED) is 0.737. The molecular formula is C19H28O2. The van der Waals surface area contributed by atoms with Gasteiger partial charge in [0.1, 0.15) is 0 Å². The molecule has 4 aliphatic carbocycles. The van der Waals surface area contributed by atoms with E-state index in [1.54, 1.807) is 0 Å². The highest BCUT2D eigenvalue weighted by atomic mass is 16.3. The highest BCUT2D eigenvalue weighted by Crippen LogP contribution is 2.62. The van der Waals surface area contributed by atoms with Crippen molar-refractivity contribution >= 4 is 5.78 Å². The zero-order valence-electron chi connectivity index (χ0n) is 13.3. The minimum absolute atomic E-state index is 0.0800. The monoisotopic (exact) mass is 288 g/mol. The molecule has 2 heteroatoms. The lowest BCUT2D eigenvalue weighted by molar-refractivity contribution is -0.116. The van der Waals surface area contributed by atoms with Crippen LogP contribution in [0.3, 0.4) is 0 Å². The van der Waals surface area contributed by atoms with Crippen molar-refractivity contribution in [3.63, 3.8) is 0 Å². The van der Waals surface area contributed by atoms with E-state index in [4.69, 9.17) is 0 Å². The van der Waals surface area contributed by atoms with Crippen molar-refractivity contribution in [2.24, 2.45) is 35.0 Å². The van der Waals surface area contributed by atoms with Crippen LogP contribution in [0.15, 0.2) is 11.6 Å². The lowest BCUT2D eigenvalue weighted by Gasteiger charge is -2.54. The first-order valence-corrected chi connectivity index (χ1v) is 8.93. The maximum Gasteiger partial charge on any atom is 0.155 e. The standard InChI is InChI=1S/C19H28O2/c1-11-9-16-14(13-4-3-12(20)10-15(11)13)7-8-19(2)17(16)5-6-18(19)21/h10-11,13-14,16-18,21H,3-9H2,1-2H3/t11-,13+,14+,16+,17-,18-,19-/m0/s1. The molecule has 0 heterocycles. The van der Waals surface area contributed by atoms with Crippen molar-refractivity contribution < 1.29 is 9.90 Å². The summed E-state index contributed by atoms with van der Waals surface area (Å²) in [5.74, 6) is 3.87. The van der Waals surface area contributed by atoms with E-state index in [9.17, 15) is 9.90 Å². The molecule has 0 aromatic rings. The average molecular weight is 288 g/mol. The number of aliphatic hydroxyl groups excluding tert-OH is 1. The van der Waals surface area contributed by atoms with Crippen LogP contribution in [0, 0.1) is 35.0 Å². The Bertz CT molecular complexity index is 494. The summed E-state index contributed by atoms with van der Waals surface area (Å²) in [6.45, 7) is 4.66. The smallest absolute Gasteiger partial charge is 0.155 e. The zero-order valence-corrected chi connectivity index (χ0v) is 13.3. The number of fused-ring (bicyclic) bond motifs is 5. The molecule has 21 heavy (non-hydrogen) atoms. The molecule has 0 radical (unpaired) electrons. The van der Waals surface area contributed by atoms with Gasteiger partial charge in [-0.2, -0.15) is 0 Å². The molecule has 0 spiro atoms. The summed E-state index contributed by atoms with van der Waals surface area (Å²) in [5.41, 5.74) is 1.64. The number of ketones is 1. The molecule has 0 aromatic carbocycles. The number of hydrogen-bond acceptors (Lipinski definition) is 2. The largest absolute Gasteiger partial charge is 0.393 e. The molecule has 2 nitrogen and oxygen atoms in total. The Morgan fingerprint density at radius 2 is 2.00 bits per heavy atom. The number of carbonyl (C=O) groups is 1. The van der Waals surface area contributed by atoms with Crippen LogP contribution in [0.25, 0.3) is 0 Å².